The van der Waals surface area contributed by atoms with Gasteiger partial charge < -0.3 is 65.1 Å². The van der Waals surface area contributed by atoms with E-state index >= 15 is 0 Å². The third-order valence-electron chi connectivity index (χ3n) is 20.1. The fourth-order valence-corrected chi connectivity index (χ4v) is 13.4. The van der Waals surface area contributed by atoms with Gasteiger partial charge in [0.1, 0.15) is 48.8 Å². The highest BCUT2D eigenvalue weighted by Crippen LogP contribution is 2.30. The molecule has 12 atom stereocenters. The van der Waals surface area contributed by atoms with Crippen LogP contribution in [0.25, 0.3) is 0 Å². The molecule has 14 heteroatoms. The number of hydrogen-bond acceptors (Lipinski definition) is 13. The van der Waals surface area contributed by atoms with E-state index in [1.807, 2.05) is 6.08 Å². The van der Waals surface area contributed by atoms with Crippen molar-refractivity contribution in [2.24, 2.45) is 0 Å². The van der Waals surface area contributed by atoms with Crippen LogP contribution in [0.4, 0.5) is 0 Å². The van der Waals surface area contributed by atoms with Crippen LogP contribution in [-0.4, -0.2) is 140 Å². The van der Waals surface area contributed by atoms with Crippen molar-refractivity contribution in [1.29, 1.82) is 0 Å². The van der Waals surface area contributed by atoms with E-state index in [2.05, 4.69) is 129 Å². The van der Waals surface area contributed by atoms with Gasteiger partial charge in [-0.25, -0.2) is 0 Å². The van der Waals surface area contributed by atoms with E-state index in [0.717, 1.165) is 89.9 Å². The lowest BCUT2D eigenvalue weighted by Crippen LogP contribution is -2.65. The molecule has 14 nitrogen and oxygen atoms in total. The normalized spacial score (nSPS) is 22.1. The molecule has 600 valence electrons. The van der Waals surface area contributed by atoms with Gasteiger partial charge in [0.2, 0.25) is 5.91 Å². The molecule has 2 fully saturated rings. The van der Waals surface area contributed by atoms with Crippen LogP contribution in [0.5, 0.6) is 0 Å². The highest BCUT2D eigenvalue weighted by atomic mass is 16.7. The minimum absolute atomic E-state index is 0.250. The summed E-state index contributed by atoms with van der Waals surface area (Å²) in [6.45, 7) is 2.71. The molecule has 2 heterocycles. The molecule has 0 aromatic carbocycles. The van der Waals surface area contributed by atoms with Gasteiger partial charge in [0.05, 0.1) is 32.0 Å². The van der Waals surface area contributed by atoms with Crippen LogP contribution in [0, 0.1) is 0 Å². The summed E-state index contributed by atoms with van der Waals surface area (Å²) in [5, 5.41) is 87.8. The molecule has 2 rings (SSSR count). The number of ether oxygens (including phenoxy) is 4. The summed E-state index contributed by atoms with van der Waals surface area (Å²) in [5.41, 5.74) is 0. The zero-order valence-corrected chi connectivity index (χ0v) is 66.0. The predicted octanol–water partition coefficient (Wildman–Crippen LogP) is 20.4. The molecule has 0 aromatic heterocycles. The molecule has 2 aliphatic rings. The lowest BCUT2D eigenvalue weighted by atomic mass is 9.97. The van der Waals surface area contributed by atoms with Crippen molar-refractivity contribution < 1.29 is 64.6 Å². The van der Waals surface area contributed by atoms with Gasteiger partial charge in [-0.2, -0.15) is 0 Å². The summed E-state index contributed by atoms with van der Waals surface area (Å²) in [6.07, 6.45) is 90.1. The van der Waals surface area contributed by atoms with E-state index in [9.17, 15) is 45.6 Å². The zero-order chi connectivity index (χ0) is 75.1. The Labute approximate surface area is 635 Å². The van der Waals surface area contributed by atoms with Crippen molar-refractivity contribution in [3.05, 3.63) is 122 Å². The van der Waals surface area contributed by atoms with E-state index in [-0.39, 0.29) is 18.9 Å². The fourth-order valence-electron chi connectivity index (χ4n) is 13.4. The number of rotatable bonds is 71. The van der Waals surface area contributed by atoms with Crippen molar-refractivity contribution in [1.82, 2.24) is 5.32 Å². The van der Waals surface area contributed by atoms with Gasteiger partial charge in [-0.3, -0.25) is 4.79 Å². The van der Waals surface area contributed by atoms with Gasteiger partial charge in [-0.1, -0.05) is 367 Å². The molecule has 0 radical (unpaired) electrons. The molecule has 0 bridgehead atoms. The number of amides is 1. The summed E-state index contributed by atoms with van der Waals surface area (Å²) < 4.78 is 22.9. The summed E-state index contributed by atoms with van der Waals surface area (Å²) >= 11 is 0. The topological polar surface area (TPSA) is 228 Å². The average molecular weight is 1460 g/mol. The standard InChI is InChI=1S/C90H157NO13/c1-3-5-7-9-11-13-15-17-19-21-23-25-27-29-31-33-35-36-37-38-39-40-41-42-44-46-48-50-52-54-56-58-60-62-64-66-68-70-72-74-82(95)91-78(77-101-89-87(100)85(98)88(81(76-93)103-89)104-90-86(99)84(97)83(96)80(75-92)102-90)79(94)73-71-69-67-65-63-61-59-57-55-53-51-49-47-45-43-34-32-30-28-26-24-22-20-18-16-14-12-10-8-6-4-2/h5,7,11,13,17,19,23,25,29,31,35-36,38-39,41-42,63,65,71,73,78-81,83-90,92-94,96-100H,3-4,6,8-10,12,14-16,18,20-22,24,26-28,30,32-34,37,40,43-62,64,66-70,72,74-77H2,1-2H3,(H,91,95)/b7-5-,13-11-,19-17-,25-23-,31-29-,36-35-,39-38-,42-41-,65-63+,73-71+. The van der Waals surface area contributed by atoms with Crippen LogP contribution in [0.2, 0.25) is 0 Å². The van der Waals surface area contributed by atoms with Gasteiger partial charge in [0.15, 0.2) is 12.6 Å². The molecule has 1 amide bonds. The van der Waals surface area contributed by atoms with Crippen LogP contribution < -0.4 is 5.32 Å². The molecule has 12 unspecified atom stereocenters. The minimum atomic E-state index is -1.80. The Morgan fingerprint density at radius 3 is 1.06 bits per heavy atom. The molecule has 0 saturated carbocycles. The first-order chi connectivity index (χ1) is 51.1. The van der Waals surface area contributed by atoms with Gasteiger partial charge >= 0.3 is 0 Å². The van der Waals surface area contributed by atoms with Crippen LogP contribution >= 0.6 is 0 Å². The Morgan fingerprint density at radius 1 is 0.356 bits per heavy atom. The molecule has 2 aliphatic heterocycles. The summed E-state index contributed by atoms with van der Waals surface area (Å²) in [4.78, 5) is 13.4. The molecular formula is C90H157NO13. The highest BCUT2D eigenvalue weighted by molar-refractivity contribution is 5.76. The van der Waals surface area contributed by atoms with E-state index in [1.165, 1.54) is 225 Å². The van der Waals surface area contributed by atoms with Crippen molar-refractivity contribution in [3.63, 3.8) is 0 Å². The van der Waals surface area contributed by atoms with E-state index < -0.39 is 86.8 Å². The third kappa shape index (κ3) is 54.1. The molecule has 104 heavy (non-hydrogen) atoms. The number of allylic oxidation sites excluding steroid dienone is 19. The van der Waals surface area contributed by atoms with E-state index in [0.29, 0.717) is 12.8 Å². The number of unbranched alkanes of at least 4 members (excludes halogenated alkanes) is 40. The maximum absolute atomic E-state index is 13.4. The van der Waals surface area contributed by atoms with Crippen LogP contribution in [0.3, 0.4) is 0 Å². The number of nitrogens with one attached hydrogen (secondary N) is 1. The molecule has 2 saturated heterocycles. The van der Waals surface area contributed by atoms with E-state index in [1.54, 1.807) is 6.08 Å². The van der Waals surface area contributed by atoms with Gasteiger partial charge in [0.25, 0.3) is 0 Å². The maximum Gasteiger partial charge on any atom is 0.220 e. The van der Waals surface area contributed by atoms with Crippen LogP contribution in [0.1, 0.15) is 348 Å². The van der Waals surface area contributed by atoms with E-state index in [4.69, 9.17) is 18.9 Å². The second-order valence-electron chi connectivity index (χ2n) is 29.6. The molecule has 0 spiro atoms. The number of hydrogen-bond donors (Lipinski definition) is 9. The number of carbonyl (C=O) groups excluding carboxylic acids is 1. The van der Waals surface area contributed by atoms with Crippen molar-refractivity contribution in [2.75, 3.05) is 19.8 Å². The monoisotopic (exact) mass is 1460 g/mol. The molecule has 0 aliphatic carbocycles. The van der Waals surface area contributed by atoms with Gasteiger partial charge in [0, 0.05) is 6.42 Å². The van der Waals surface area contributed by atoms with Crippen LogP contribution in [0.15, 0.2) is 122 Å². The highest BCUT2D eigenvalue weighted by Gasteiger charge is 2.51. The third-order valence-corrected chi connectivity index (χ3v) is 20.1. The van der Waals surface area contributed by atoms with Crippen molar-refractivity contribution >= 4 is 5.91 Å². The molecular weight excluding hydrogens is 1300 g/mol. The maximum atomic E-state index is 13.4. The zero-order valence-electron chi connectivity index (χ0n) is 66.0. The van der Waals surface area contributed by atoms with Crippen molar-refractivity contribution in [2.45, 2.75) is 421 Å². The largest absolute Gasteiger partial charge is 0.394 e. The summed E-state index contributed by atoms with van der Waals surface area (Å²) in [7, 11) is 0. The molecule has 0 aromatic rings. The number of carbonyl (C=O) groups is 1. The second-order valence-corrected chi connectivity index (χ2v) is 29.6. The Bertz CT molecular complexity index is 2220. The van der Waals surface area contributed by atoms with Crippen molar-refractivity contribution in [3.8, 4) is 0 Å². The lowest BCUT2D eigenvalue weighted by molar-refractivity contribution is -0.359. The van der Waals surface area contributed by atoms with Crippen LogP contribution in [-0.2, 0) is 23.7 Å². The average Bonchev–Trinajstić information content (AvgIpc) is 0.791. The minimum Gasteiger partial charge on any atom is -0.394 e. The second kappa shape index (κ2) is 72.3. The predicted molar refractivity (Wildman–Crippen MR) is 433 cm³/mol. The number of aliphatic hydroxyl groups excluding tert-OH is 8. The summed E-state index contributed by atoms with van der Waals surface area (Å²) in [6, 6.07) is -0.941. The first kappa shape index (κ1) is 96.5. The first-order valence-electron chi connectivity index (χ1n) is 42.8. The van der Waals surface area contributed by atoms with Gasteiger partial charge in [-0.15, -0.1) is 0 Å². The first-order valence-corrected chi connectivity index (χ1v) is 42.8. The quantitative estimate of drug-likeness (QED) is 0.0204. The Hall–Kier alpha value is -3.61. The number of aliphatic hydroxyl groups is 8. The fraction of sp³-hybridized carbons (Fsp3) is 0.767. The molecule has 9 N–H and O–H groups in total. The SMILES string of the molecule is CC/C=C\C/C=C\C/C=C\C/C=C\C/C=C\C/C=C\C/C=C\C/C=C\CCCCCCCCCCCCCCCCC(=O)NC(COC1OC(CO)C(OC2OC(CO)C(O)C(O)C2O)C(O)C1O)C(O)/C=C/CC/C=C/CCCCCCCCCCCCCCCCCCCCCCCCCCC. The Balaban J connectivity index is 1.61. The summed E-state index contributed by atoms with van der Waals surface area (Å²) in [5.74, 6) is -0.250. The van der Waals surface area contributed by atoms with Gasteiger partial charge in [-0.05, 0) is 96.3 Å². The lowest BCUT2D eigenvalue weighted by Gasteiger charge is -2.46. The Kier molecular flexibility index (Phi) is 67.0. The Morgan fingerprint density at radius 2 is 0.673 bits per heavy atom. The smallest absolute Gasteiger partial charge is 0.220 e.